The van der Waals surface area contributed by atoms with Gasteiger partial charge in [-0.3, -0.25) is 4.98 Å². The first-order chi connectivity index (χ1) is 13.2. The van der Waals surface area contributed by atoms with Crippen LogP contribution in [0.25, 0.3) is 0 Å². The summed E-state index contributed by atoms with van der Waals surface area (Å²) in [5, 5.41) is 15.2. The number of rotatable bonds is 6. The Morgan fingerprint density at radius 3 is 2.78 bits per heavy atom. The first kappa shape index (κ1) is 19.1. The summed E-state index contributed by atoms with van der Waals surface area (Å²) in [6.45, 7) is 2.30. The number of hydrogen-bond donors (Lipinski definition) is 3. The molecule has 0 saturated carbocycles. The number of methoxy groups -OCH3 is 1. The van der Waals surface area contributed by atoms with Crippen LogP contribution in [0.3, 0.4) is 0 Å². The van der Waals surface area contributed by atoms with Gasteiger partial charge in [-0.2, -0.15) is 0 Å². The van der Waals surface area contributed by atoms with Crippen molar-refractivity contribution < 1.29 is 14.6 Å². The SMILES string of the molecule is COc1ccc([C@@H]2CN(CCO)CC[C@H]2NC(=O)Nc2ccccc2)nc1. The standard InChI is InChI=1S/C20H26N4O3/c1-27-16-7-8-18(21-13-16)17-14-24(11-12-25)10-9-19(17)23-20(26)22-15-5-3-2-4-6-15/h2-8,13,17,19,25H,9-12,14H2,1H3,(H2,22,23,26)/t17-,19+/m0/s1. The van der Waals surface area contributed by atoms with Crippen molar-refractivity contribution in [1.82, 2.24) is 15.2 Å². The minimum absolute atomic E-state index is 0.0375. The van der Waals surface area contributed by atoms with Crippen molar-refractivity contribution in [3.63, 3.8) is 0 Å². The van der Waals surface area contributed by atoms with Gasteiger partial charge in [0.1, 0.15) is 5.75 Å². The summed E-state index contributed by atoms with van der Waals surface area (Å²) < 4.78 is 5.19. The molecule has 1 aliphatic heterocycles. The highest BCUT2D eigenvalue weighted by atomic mass is 16.5. The molecule has 2 heterocycles. The molecule has 3 N–H and O–H groups in total. The van der Waals surface area contributed by atoms with E-state index in [0.29, 0.717) is 12.3 Å². The number of urea groups is 1. The van der Waals surface area contributed by atoms with Crippen LogP contribution in [-0.4, -0.2) is 60.4 Å². The molecule has 144 valence electrons. The molecule has 2 amide bonds. The van der Waals surface area contributed by atoms with Crippen molar-refractivity contribution in [2.45, 2.75) is 18.4 Å². The van der Waals surface area contributed by atoms with Gasteiger partial charge in [-0.05, 0) is 30.7 Å². The Hall–Kier alpha value is -2.64. The molecule has 7 nitrogen and oxygen atoms in total. The van der Waals surface area contributed by atoms with Crippen molar-refractivity contribution in [2.75, 3.05) is 38.7 Å². The zero-order valence-electron chi connectivity index (χ0n) is 15.5. The Bertz CT molecular complexity index is 724. The fourth-order valence-electron chi connectivity index (χ4n) is 3.43. The number of aliphatic hydroxyl groups excluding tert-OH is 1. The Balaban J connectivity index is 1.71. The second kappa shape index (κ2) is 9.34. The summed E-state index contributed by atoms with van der Waals surface area (Å²) >= 11 is 0. The minimum Gasteiger partial charge on any atom is -0.495 e. The van der Waals surface area contributed by atoms with E-state index in [0.717, 1.165) is 30.9 Å². The Labute approximate surface area is 159 Å². The number of para-hydroxylation sites is 1. The molecule has 2 aromatic rings. The van der Waals surface area contributed by atoms with E-state index >= 15 is 0 Å². The predicted octanol–water partition coefficient (Wildman–Crippen LogP) is 2.06. The van der Waals surface area contributed by atoms with Crippen LogP contribution >= 0.6 is 0 Å². The number of aromatic nitrogens is 1. The third kappa shape index (κ3) is 5.18. The van der Waals surface area contributed by atoms with Crippen molar-refractivity contribution in [3.05, 3.63) is 54.4 Å². The number of β-amino-alcohol motifs (C(OH)–C–C–N with tert-alkyl or cyclic N) is 1. The van der Waals surface area contributed by atoms with E-state index in [-0.39, 0.29) is 24.6 Å². The van der Waals surface area contributed by atoms with Gasteiger partial charge in [-0.1, -0.05) is 18.2 Å². The lowest BCUT2D eigenvalue weighted by Crippen LogP contribution is -2.51. The number of carbonyl (C=O) groups excluding carboxylic acids is 1. The van der Waals surface area contributed by atoms with E-state index < -0.39 is 0 Å². The first-order valence-corrected chi connectivity index (χ1v) is 9.15. The van der Waals surface area contributed by atoms with Gasteiger partial charge in [0.2, 0.25) is 0 Å². The number of nitrogens with one attached hydrogen (secondary N) is 2. The van der Waals surface area contributed by atoms with Crippen molar-refractivity contribution in [2.24, 2.45) is 0 Å². The van der Waals surface area contributed by atoms with Crippen LogP contribution < -0.4 is 15.4 Å². The maximum Gasteiger partial charge on any atom is 0.319 e. The molecule has 0 radical (unpaired) electrons. The smallest absolute Gasteiger partial charge is 0.319 e. The Kier molecular flexibility index (Phi) is 6.62. The maximum absolute atomic E-state index is 12.4. The highest BCUT2D eigenvalue weighted by Gasteiger charge is 2.32. The largest absolute Gasteiger partial charge is 0.495 e. The van der Waals surface area contributed by atoms with Crippen molar-refractivity contribution in [1.29, 1.82) is 0 Å². The van der Waals surface area contributed by atoms with Crippen LogP contribution in [0.5, 0.6) is 5.75 Å². The van der Waals surface area contributed by atoms with Gasteiger partial charge in [0.25, 0.3) is 0 Å². The molecule has 27 heavy (non-hydrogen) atoms. The number of carbonyl (C=O) groups is 1. The number of anilines is 1. The number of amides is 2. The van der Waals surface area contributed by atoms with E-state index in [1.165, 1.54) is 0 Å². The van der Waals surface area contributed by atoms with Gasteiger partial charge in [0.15, 0.2) is 0 Å². The molecule has 1 aromatic heterocycles. The predicted molar refractivity (Wildman–Crippen MR) is 104 cm³/mol. The summed E-state index contributed by atoms with van der Waals surface area (Å²) in [7, 11) is 1.61. The maximum atomic E-state index is 12.4. The second-order valence-corrected chi connectivity index (χ2v) is 6.61. The average Bonchev–Trinajstić information content (AvgIpc) is 2.70. The Morgan fingerprint density at radius 2 is 2.11 bits per heavy atom. The van der Waals surface area contributed by atoms with Crippen LogP contribution in [0.4, 0.5) is 10.5 Å². The van der Waals surface area contributed by atoms with Gasteiger partial charge in [-0.25, -0.2) is 4.79 Å². The summed E-state index contributed by atoms with van der Waals surface area (Å²) in [5.74, 6) is 0.742. The second-order valence-electron chi connectivity index (χ2n) is 6.61. The van der Waals surface area contributed by atoms with Crippen LogP contribution in [-0.2, 0) is 0 Å². The topological polar surface area (TPSA) is 86.7 Å². The lowest BCUT2D eigenvalue weighted by Gasteiger charge is -2.38. The third-order valence-electron chi connectivity index (χ3n) is 4.84. The van der Waals surface area contributed by atoms with Gasteiger partial charge in [-0.15, -0.1) is 0 Å². The Morgan fingerprint density at radius 1 is 1.30 bits per heavy atom. The van der Waals surface area contributed by atoms with Gasteiger partial charge in [0.05, 0.1) is 19.9 Å². The lowest BCUT2D eigenvalue weighted by atomic mass is 9.89. The molecule has 0 unspecified atom stereocenters. The first-order valence-electron chi connectivity index (χ1n) is 9.15. The summed E-state index contributed by atoms with van der Waals surface area (Å²) in [6, 6.07) is 12.9. The van der Waals surface area contributed by atoms with E-state index in [4.69, 9.17) is 4.74 Å². The molecular weight excluding hydrogens is 344 g/mol. The molecule has 1 aliphatic rings. The van der Waals surface area contributed by atoms with Crippen LogP contribution in [0.1, 0.15) is 18.0 Å². The van der Waals surface area contributed by atoms with Crippen LogP contribution in [0.2, 0.25) is 0 Å². The average molecular weight is 370 g/mol. The number of aliphatic hydroxyl groups is 1. The van der Waals surface area contributed by atoms with Crippen LogP contribution in [0.15, 0.2) is 48.7 Å². The van der Waals surface area contributed by atoms with Gasteiger partial charge in [0, 0.05) is 43.0 Å². The molecule has 0 aliphatic carbocycles. The van der Waals surface area contributed by atoms with Gasteiger partial charge >= 0.3 is 6.03 Å². The summed E-state index contributed by atoms with van der Waals surface area (Å²) in [5.41, 5.74) is 1.66. The normalized spacial score (nSPS) is 20.1. The van der Waals surface area contributed by atoms with Crippen LogP contribution in [0, 0.1) is 0 Å². The zero-order chi connectivity index (χ0) is 19.1. The molecule has 7 heteroatoms. The summed E-state index contributed by atoms with van der Waals surface area (Å²) in [6.07, 6.45) is 2.49. The molecule has 1 saturated heterocycles. The fraction of sp³-hybridized carbons (Fsp3) is 0.400. The van der Waals surface area contributed by atoms with E-state index in [1.807, 2.05) is 42.5 Å². The number of nitrogens with zero attached hydrogens (tertiary/aromatic N) is 2. The third-order valence-corrected chi connectivity index (χ3v) is 4.84. The zero-order valence-corrected chi connectivity index (χ0v) is 15.5. The number of hydrogen-bond acceptors (Lipinski definition) is 5. The number of pyridine rings is 1. The van der Waals surface area contributed by atoms with Crippen molar-refractivity contribution in [3.8, 4) is 5.75 Å². The number of benzene rings is 1. The molecular formula is C20H26N4O3. The molecule has 1 fully saturated rings. The quantitative estimate of drug-likeness (QED) is 0.725. The molecule has 0 bridgehead atoms. The van der Waals surface area contributed by atoms with Crippen molar-refractivity contribution >= 4 is 11.7 Å². The molecule has 3 rings (SSSR count). The van der Waals surface area contributed by atoms with E-state index in [1.54, 1.807) is 13.3 Å². The highest BCUT2D eigenvalue weighted by molar-refractivity contribution is 5.89. The summed E-state index contributed by atoms with van der Waals surface area (Å²) in [4.78, 5) is 19.2. The number of likely N-dealkylation sites (tertiary alicyclic amines) is 1. The molecule has 1 aromatic carbocycles. The fourth-order valence-corrected chi connectivity index (χ4v) is 3.43. The molecule has 0 spiro atoms. The number of piperidine rings is 1. The lowest BCUT2D eigenvalue weighted by molar-refractivity contribution is 0.141. The molecule has 2 atom stereocenters. The monoisotopic (exact) mass is 370 g/mol. The van der Waals surface area contributed by atoms with E-state index in [2.05, 4.69) is 20.5 Å². The van der Waals surface area contributed by atoms with Gasteiger partial charge < -0.3 is 25.4 Å². The highest BCUT2D eigenvalue weighted by Crippen LogP contribution is 2.27. The van der Waals surface area contributed by atoms with E-state index in [9.17, 15) is 9.90 Å². The minimum atomic E-state index is -0.222. The number of ether oxygens (including phenoxy) is 1.